The molecule has 0 saturated carbocycles. The Balaban J connectivity index is 0.00000110. The van der Waals surface area contributed by atoms with Crippen molar-refractivity contribution in [3.05, 3.63) is 29.3 Å². The van der Waals surface area contributed by atoms with Crippen LogP contribution in [0.25, 0.3) is 10.6 Å². The molecule has 0 bridgehead atoms. The zero-order chi connectivity index (χ0) is 13.1. The summed E-state index contributed by atoms with van der Waals surface area (Å²) in [4.78, 5) is 14.5. The van der Waals surface area contributed by atoms with Gasteiger partial charge >= 0.3 is 0 Å². The predicted octanol–water partition coefficient (Wildman–Crippen LogP) is 3.29. The van der Waals surface area contributed by atoms with Crippen LogP contribution in [-0.4, -0.2) is 28.0 Å². The van der Waals surface area contributed by atoms with E-state index in [1.165, 1.54) is 12.8 Å². The van der Waals surface area contributed by atoms with Gasteiger partial charge in [0.15, 0.2) is 0 Å². The number of aryl methyl sites for hydroxylation is 1. The number of hydrogen-bond donors (Lipinski definition) is 1. The van der Waals surface area contributed by atoms with Gasteiger partial charge in [-0.2, -0.15) is 0 Å². The van der Waals surface area contributed by atoms with Gasteiger partial charge in [0, 0.05) is 6.20 Å². The number of halogens is 2. The second-order valence-corrected chi connectivity index (χ2v) is 5.93. The maximum absolute atomic E-state index is 4.75. The van der Waals surface area contributed by atoms with Crippen LogP contribution in [0.2, 0.25) is 0 Å². The van der Waals surface area contributed by atoms with Gasteiger partial charge in [-0.1, -0.05) is 0 Å². The van der Waals surface area contributed by atoms with Gasteiger partial charge in [-0.25, -0.2) is 9.97 Å². The lowest BCUT2D eigenvalue weighted by Gasteiger charge is -2.22. The number of piperidine rings is 1. The summed E-state index contributed by atoms with van der Waals surface area (Å²) in [5, 5.41) is 3.45. The first kappa shape index (κ1) is 18.3. The van der Waals surface area contributed by atoms with Gasteiger partial charge in [0.05, 0.1) is 28.0 Å². The van der Waals surface area contributed by atoms with E-state index in [4.69, 9.17) is 4.98 Å². The maximum atomic E-state index is 4.75. The van der Waals surface area contributed by atoms with Crippen molar-refractivity contribution in [3.63, 3.8) is 0 Å². The summed E-state index contributed by atoms with van der Waals surface area (Å²) >= 11 is 1.63. The van der Waals surface area contributed by atoms with Crippen molar-refractivity contribution in [2.45, 2.75) is 26.2 Å². The van der Waals surface area contributed by atoms with Crippen LogP contribution in [0.3, 0.4) is 0 Å². The van der Waals surface area contributed by atoms with Crippen molar-refractivity contribution in [2.75, 3.05) is 13.1 Å². The molecule has 0 amide bonds. The van der Waals surface area contributed by atoms with E-state index in [0.29, 0.717) is 5.92 Å². The molecule has 4 nitrogen and oxygen atoms in total. The summed E-state index contributed by atoms with van der Waals surface area (Å²) in [6, 6.07) is 0. The lowest BCUT2D eigenvalue weighted by Crippen LogP contribution is -2.31. The first-order valence-corrected chi connectivity index (χ1v) is 7.63. The van der Waals surface area contributed by atoms with E-state index < -0.39 is 0 Å². The van der Waals surface area contributed by atoms with Crippen molar-refractivity contribution in [2.24, 2.45) is 5.92 Å². The van der Waals surface area contributed by atoms with Gasteiger partial charge in [-0.05, 0) is 45.2 Å². The van der Waals surface area contributed by atoms with Crippen LogP contribution in [0, 0.1) is 12.8 Å². The van der Waals surface area contributed by atoms with Crippen molar-refractivity contribution in [1.82, 2.24) is 20.3 Å². The summed E-state index contributed by atoms with van der Waals surface area (Å²) in [6.45, 7) is 4.28. The molecule has 0 aromatic carbocycles. The molecule has 7 heteroatoms. The van der Waals surface area contributed by atoms with Crippen molar-refractivity contribution in [3.8, 4) is 10.6 Å². The van der Waals surface area contributed by atoms with Gasteiger partial charge in [0.1, 0.15) is 5.69 Å². The van der Waals surface area contributed by atoms with Crippen molar-refractivity contribution >= 4 is 36.2 Å². The zero-order valence-electron chi connectivity index (χ0n) is 11.9. The summed E-state index contributed by atoms with van der Waals surface area (Å²) in [5.41, 5.74) is 4.96. The van der Waals surface area contributed by atoms with Crippen LogP contribution < -0.4 is 5.32 Å². The van der Waals surface area contributed by atoms with E-state index in [2.05, 4.69) is 15.3 Å². The highest BCUT2D eigenvalue weighted by Gasteiger charge is 2.15. The Morgan fingerprint density at radius 2 is 2.19 bits per heavy atom. The van der Waals surface area contributed by atoms with Crippen LogP contribution in [0.5, 0.6) is 0 Å². The molecule has 2 aromatic rings. The third-order valence-electron chi connectivity index (χ3n) is 3.56. The Bertz CT molecular complexity index is 555. The fourth-order valence-electron chi connectivity index (χ4n) is 2.56. The smallest absolute Gasteiger partial charge is 0.101 e. The molecule has 2 aromatic heterocycles. The molecule has 3 rings (SSSR count). The number of hydrogen-bond acceptors (Lipinski definition) is 5. The molecule has 21 heavy (non-hydrogen) atoms. The third-order valence-corrected chi connectivity index (χ3v) is 4.51. The van der Waals surface area contributed by atoms with Crippen molar-refractivity contribution < 1.29 is 0 Å². The Labute approximate surface area is 141 Å². The fraction of sp³-hybridized carbons (Fsp3) is 0.500. The molecule has 116 valence electrons. The summed E-state index contributed by atoms with van der Waals surface area (Å²) in [7, 11) is 0. The largest absolute Gasteiger partial charge is 0.316 e. The molecule has 1 aliphatic rings. The average molecular weight is 347 g/mol. The number of aromatic nitrogens is 3. The first-order chi connectivity index (χ1) is 9.33. The minimum atomic E-state index is 0. The SMILES string of the molecule is Cc1ncsc1-c1cncc(CC2CCCNC2)n1.Cl.Cl. The first-order valence-electron chi connectivity index (χ1n) is 6.75. The molecule has 3 heterocycles. The minimum Gasteiger partial charge on any atom is -0.316 e. The molecule has 0 spiro atoms. The summed E-state index contributed by atoms with van der Waals surface area (Å²) < 4.78 is 0. The van der Waals surface area contributed by atoms with Gasteiger partial charge in [-0.3, -0.25) is 4.98 Å². The fourth-order valence-corrected chi connectivity index (χ4v) is 3.31. The van der Waals surface area contributed by atoms with E-state index in [1.807, 2.05) is 24.8 Å². The monoisotopic (exact) mass is 346 g/mol. The van der Waals surface area contributed by atoms with E-state index in [0.717, 1.165) is 41.5 Å². The standard InChI is InChI=1S/C14H18N4S.2ClH/c1-10-14(19-9-17-10)13-8-16-7-12(18-13)5-11-3-2-4-15-6-11;;/h7-9,11,15H,2-6H2,1H3;2*1H. The predicted molar refractivity (Wildman–Crippen MR) is 91.7 cm³/mol. The molecular weight excluding hydrogens is 327 g/mol. The highest BCUT2D eigenvalue weighted by atomic mass is 35.5. The number of rotatable bonds is 3. The molecule has 0 aliphatic carbocycles. The Hall–Kier alpha value is -0.750. The molecule has 1 saturated heterocycles. The summed E-state index contributed by atoms with van der Waals surface area (Å²) in [5.74, 6) is 0.695. The Kier molecular flexibility index (Phi) is 7.52. The van der Waals surface area contributed by atoms with E-state index in [1.54, 1.807) is 11.3 Å². The van der Waals surface area contributed by atoms with Gasteiger partial charge < -0.3 is 5.32 Å². The van der Waals surface area contributed by atoms with Gasteiger partial charge in [-0.15, -0.1) is 36.2 Å². The van der Waals surface area contributed by atoms with Crippen LogP contribution in [-0.2, 0) is 6.42 Å². The third kappa shape index (κ3) is 4.61. The number of nitrogens with zero attached hydrogens (tertiary/aromatic N) is 3. The Morgan fingerprint density at radius 3 is 2.86 bits per heavy atom. The molecular formula is C14H20Cl2N4S. The van der Waals surface area contributed by atoms with E-state index >= 15 is 0 Å². The topological polar surface area (TPSA) is 50.7 Å². The normalized spacial score (nSPS) is 17.7. The van der Waals surface area contributed by atoms with Crippen molar-refractivity contribution in [1.29, 1.82) is 0 Å². The maximum Gasteiger partial charge on any atom is 0.101 e. The molecule has 1 atom stereocenters. The van der Waals surface area contributed by atoms with Crippen LogP contribution in [0.15, 0.2) is 17.9 Å². The lowest BCUT2D eigenvalue weighted by atomic mass is 9.95. The zero-order valence-corrected chi connectivity index (χ0v) is 14.4. The quantitative estimate of drug-likeness (QED) is 0.926. The molecule has 0 radical (unpaired) electrons. The highest BCUT2D eigenvalue weighted by molar-refractivity contribution is 7.13. The average Bonchev–Trinajstić information content (AvgIpc) is 2.86. The van der Waals surface area contributed by atoms with Gasteiger partial charge in [0.25, 0.3) is 0 Å². The van der Waals surface area contributed by atoms with Gasteiger partial charge in [0.2, 0.25) is 0 Å². The number of nitrogens with one attached hydrogen (secondary N) is 1. The van der Waals surface area contributed by atoms with Crippen LogP contribution in [0.4, 0.5) is 0 Å². The molecule has 1 N–H and O–H groups in total. The van der Waals surface area contributed by atoms with Crippen LogP contribution >= 0.6 is 36.2 Å². The van der Waals surface area contributed by atoms with Crippen LogP contribution in [0.1, 0.15) is 24.2 Å². The molecule has 1 aliphatic heterocycles. The summed E-state index contributed by atoms with van der Waals surface area (Å²) in [6.07, 6.45) is 7.31. The number of thiazole rings is 1. The second-order valence-electron chi connectivity index (χ2n) is 5.08. The lowest BCUT2D eigenvalue weighted by molar-refractivity contribution is 0.373. The van der Waals surface area contributed by atoms with E-state index in [-0.39, 0.29) is 24.8 Å². The van der Waals surface area contributed by atoms with E-state index in [9.17, 15) is 0 Å². The Morgan fingerprint density at radius 1 is 1.33 bits per heavy atom. The molecule has 1 unspecified atom stereocenters. The molecule has 1 fully saturated rings. The second kappa shape index (κ2) is 8.63. The minimum absolute atomic E-state index is 0. The highest BCUT2D eigenvalue weighted by Crippen LogP contribution is 2.25.